The number of aromatic nitrogens is 1. The molecule has 1 fully saturated rings. The van der Waals surface area contributed by atoms with E-state index in [-0.39, 0.29) is 27.9 Å². The lowest BCUT2D eigenvalue weighted by molar-refractivity contribution is -0.122. The number of hydrogen-bond acceptors (Lipinski definition) is 6. The van der Waals surface area contributed by atoms with E-state index in [4.69, 9.17) is 28.2 Å². The number of halogens is 2. The van der Waals surface area contributed by atoms with Gasteiger partial charge in [-0.2, -0.15) is 4.31 Å². The zero-order chi connectivity index (χ0) is 29.6. The lowest BCUT2D eigenvalue weighted by atomic mass is 10.2. The molecule has 0 radical (unpaired) electrons. The summed E-state index contributed by atoms with van der Waals surface area (Å²) in [7, 11) is -4.35. The van der Waals surface area contributed by atoms with Crippen LogP contribution in [-0.4, -0.2) is 35.6 Å². The third-order valence-corrected chi connectivity index (χ3v) is 10.7. The number of imide groups is 1. The maximum atomic E-state index is 14.0. The summed E-state index contributed by atoms with van der Waals surface area (Å²) in [4.78, 5) is 32.6. The maximum Gasteiger partial charge on any atom is 0.252 e. The van der Waals surface area contributed by atoms with Gasteiger partial charge in [0, 0.05) is 17.1 Å². The van der Waals surface area contributed by atoms with Crippen LogP contribution in [0.4, 0.5) is 5.69 Å². The first-order chi connectivity index (χ1) is 20.1. The topological polar surface area (TPSA) is 87.7 Å². The number of benzene rings is 4. The van der Waals surface area contributed by atoms with Crippen LogP contribution < -0.4 is 4.90 Å². The Hall–Kier alpha value is -3.60. The fourth-order valence-electron chi connectivity index (χ4n) is 4.95. The van der Waals surface area contributed by atoms with E-state index in [0.717, 1.165) is 35.6 Å². The van der Waals surface area contributed by atoms with Gasteiger partial charge in [-0.15, -0.1) is 11.3 Å². The summed E-state index contributed by atoms with van der Waals surface area (Å²) in [5, 5.41) is 0.959. The number of rotatable bonds is 7. The monoisotopic (exact) mass is 635 g/mol. The van der Waals surface area contributed by atoms with Gasteiger partial charge in [0.2, 0.25) is 15.9 Å². The number of anilines is 1. The van der Waals surface area contributed by atoms with Crippen LogP contribution in [0.1, 0.15) is 17.5 Å². The van der Waals surface area contributed by atoms with Crippen LogP contribution in [0.2, 0.25) is 10.0 Å². The van der Waals surface area contributed by atoms with Crippen molar-refractivity contribution in [2.24, 2.45) is 0 Å². The van der Waals surface area contributed by atoms with E-state index in [1.54, 1.807) is 65.9 Å². The predicted molar refractivity (Wildman–Crippen MR) is 166 cm³/mol. The Morgan fingerprint density at radius 3 is 2.43 bits per heavy atom. The first-order valence-corrected chi connectivity index (χ1v) is 16.0. The molecule has 1 aliphatic rings. The summed E-state index contributed by atoms with van der Waals surface area (Å²) in [5.41, 5.74) is 3.89. The lowest BCUT2D eigenvalue weighted by Gasteiger charge is -2.27. The van der Waals surface area contributed by atoms with Gasteiger partial charge in [-0.05, 0) is 72.6 Å². The summed E-state index contributed by atoms with van der Waals surface area (Å²) in [5.74, 6) is -1.14. The van der Waals surface area contributed by atoms with Crippen LogP contribution in [0.3, 0.4) is 0 Å². The number of sulfonamides is 1. The lowest BCUT2D eigenvalue weighted by Crippen LogP contribution is -2.45. The highest BCUT2D eigenvalue weighted by Crippen LogP contribution is 2.36. The van der Waals surface area contributed by atoms with Gasteiger partial charge < -0.3 is 0 Å². The highest BCUT2D eigenvalue weighted by molar-refractivity contribution is 7.89. The standard InChI is InChI=1S/C31H23Cl2N3O4S2/c1-19-7-14-25-27(15-19)41-30(34-25)21-8-11-23(12-9-21)36-29(37)17-26(31(36)38)35(18-20-5-3-2-4-6-20)42(39,40)28-16-22(32)10-13-24(28)33/h2-16,26H,17-18H2,1H3. The Labute approximate surface area is 257 Å². The molecule has 212 valence electrons. The molecule has 42 heavy (non-hydrogen) atoms. The number of fused-ring (bicyclic) bond motifs is 1. The Morgan fingerprint density at radius 2 is 1.69 bits per heavy atom. The van der Waals surface area contributed by atoms with Gasteiger partial charge in [0.05, 0.1) is 27.3 Å². The molecule has 1 atom stereocenters. The van der Waals surface area contributed by atoms with Crippen molar-refractivity contribution in [1.82, 2.24) is 9.29 Å². The van der Waals surface area contributed by atoms with E-state index in [9.17, 15) is 18.0 Å². The van der Waals surface area contributed by atoms with E-state index in [1.807, 2.05) is 19.1 Å². The fourth-order valence-corrected chi connectivity index (χ4v) is 8.33. The van der Waals surface area contributed by atoms with Crippen LogP contribution in [0, 0.1) is 6.92 Å². The van der Waals surface area contributed by atoms with Crippen LogP contribution in [0.15, 0.2) is 95.9 Å². The van der Waals surface area contributed by atoms with Crippen molar-refractivity contribution in [2.75, 3.05) is 4.90 Å². The maximum absolute atomic E-state index is 14.0. The van der Waals surface area contributed by atoms with Crippen molar-refractivity contribution in [3.05, 3.63) is 112 Å². The smallest absolute Gasteiger partial charge is 0.252 e. The number of thiazole rings is 1. The van der Waals surface area contributed by atoms with Gasteiger partial charge in [-0.25, -0.2) is 18.3 Å². The van der Waals surface area contributed by atoms with Crippen LogP contribution in [-0.2, 0) is 26.2 Å². The predicted octanol–water partition coefficient (Wildman–Crippen LogP) is 7.10. The summed E-state index contributed by atoms with van der Waals surface area (Å²) >= 11 is 14.0. The third kappa shape index (κ3) is 5.34. The number of nitrogens with zero attached hydrogens (tertiary/aromatic N) is 3. The Bertz CT molecular complexity index is 1940. The van der Waals surface area contributed by atoms with Crippen molar-refractivity contribution >= 4 is 72.3 Å². The molecule has 2 amide bonds. The molecule has 1 aromatic heterocycles. The summed E-state index contributed by atoms with van der Waals surface area (Å²) in [6.07, 6.45) is -0.317. The van der Waals surface area contributed by atoms with E-state index < -0.39 is 27.9 Å². The quantitative estimate of drug-likeness (QED) is 0.178. The van der Waals surface area contributed by atoms with Gasteiger partial charge in [0.25, 0.3) is 5.91 Å². The molecular formula is C31H23Cl2N3O4S2. The Balaban J connectivity index is 1.33. The van der Waals surface area contributed by atoms with Crippen molar-refractivity contribution in [2.45, 2.75) is 30.8 Å². The molecule has 5 aromatic rings. The summed E-state index contributed by atoms with van der Waals surface area (Å²) < 4.78 is 30.1. The number of amides is 2. The van der Waals surface area contributed by atoms with Crippen molar-refractivity contribution < 1.29 is 18.0 Å². The fraction of sp³-hybridized carbons (Fsp3) is 0.129. The number of carbonyl (C=O) groups excluding carboxylic acids is 2. The molecule has 0 aliphatic carbocycles. The molecule has 6 rings (SSSR count). The molecular weight excluding hydrogens is 613 g/mol. The van der Waals surface area contributed by atoms with Crippen LogP contribution in [0.25, 0.3) is 20.8 Å². The first kappa shape index (κ1) is 28.5. The Kier molecular flexibility index (Phi) is 7.63. The average Bonchev–Trinajstić information content (AvgIpc) is 3.53. The zero-order valence-corrected chi connectivity index (χ0v) is 25.3. The molecule has 4 aromatic carbocycles. The minimum atomic E-state index is -4.35. The minimum absolute atomic E-state index is 0.0355. The molecule has 1 saturated heterocycles. The number of hydrogen-bond donors (Lipinski definition) is 0. The molecule has 7 nitrogen and oxygen atoms in total. The van der Waals surface area contributed by atoms with Crippen LogP contribution >= 0.6 is 34.5 Å². The van der Waals surface area contributed by atoms with Crippen molar-refractivity contribution in [1.29, 1.82) is 0 Å². The SMILES string of the molecule is Cc1ccc2nc(-c3ccc(N4C(=O)CC(N(Cc5ccccc5)S(=O)(=O)c5cc(Cl)ccc5Cl)C4=O)cc3)sc2c1. The summed E-state index contributed by atoms with van der Waals surface area (Å²) in [6.45, 7) is 1.89. The largest absolute Gasteiger partial charge is 0.274 e. The molecule has 1 aliphatic heterocycles. The second-order valence-electron chi connectivity index (χ2n) is 9.93. The normalized spacial score (nSPS) is 15.7. The highest BCUT2D eigenvalue weighted by atomic mass is 35.5. The van der Waals surface area contributed by atoms with Gasteiger partial charge in [0.1, 0.15) is 15.9 Å². The average molecular weight is 637 g/mol. The van der Waals surface area contributed by atoms with Gasteiger partial charge >= 0.3 is 0 Å². The molecule has 0 N–H and O–H groups in total. The number of aryl methyl sites for hydroxylation is 1. The van der Waals surface area contributed by atoms with E-state index in [2.05, 4.69) is 6.07 Å². The Morgan fingerprint density at radius 1 is 0.952 bits per heavy atom. The van der Waals surface area contributed by atoms with E-state index in [1.165, 1.54) is 18.2 Å². The van der Waals surface area contributed by atoms with Gasteiger partial charge in [-0.1, -0.05) is 59.6 Å². The van der Waals surface area contributed by atoms with Crippen LogP contribution in [0.5, 0.6) is 0 Å². The van der Waals surface area contributed by atoms with Gasteiger partial charge in [0.15, 0.2) is 0 Å². The van der Waals surface area contributed by atoms with Crippen molar-refractivity contribution in [3.8, 4) is 10.6 Å². The second kappa shape index (κ2) is 11.2. The highest BCUT2D eigenvalue weighted by Gasteiger charge is 2.47. The molecule has 0 saturated carbocycles. The molecule has 1 unspecified atom stereocenters. The third-order valence-electron chi connectivity index (χ3n) is 7.05. The second-order valence-corrected chi connectivity index (χ2v) is 13.7. The number of carbonyl (C=O) groups is 2. The van der Waals surface area contributed by atoms with E-state index in [0.29, 0.717) is 11.3 Å². The minimum Gasteiger partial charge on any atom is -0.274 e. The molecule has 2 heterocycles. The molecule has 0 bridgehead atoms. The van der Waals surface area contributed by atoms with Gasteiger partial charge in [-0.3, -0.25) is 9.59 Å². The van der Waals surface area contributed by atoms with Crippen molar-refractivity contribution in [3.63, 3.8) is 0 Å². The first-order valence-electron chi connectivity index (χ1n) is 13.0. The van der Waals surface area contributed by atoms with E-state index >= 15 is 0 Å². The summed E-state index contributed by atoms with van der Waals surface area (Å²) in [6, 6.07) is 24.7. The molecule has 11 heteroatoms. The molecule has 0 spiro atoms. The zero-order valence-electron chi connectivity index (χ0n) is 22.2.